The van der Waals surface area contributed by atoms with Gasteiger partial charge in [0.2, 0.25) is 0 Å². The molecule has 5 heteroatoms. The second kappa shape index (κ2) is 9.81. The number of rotatable bonds is 5. The van der Waals surface area contributed by atoms with Gasteiger partial charge in [-0.05, 0) is 100 Å². The molecule has 2 fully saturated rings. The Morgan fingerprint density at radius 3 is 2.56 bits per heavy atom. The molecule has 3 aromatic rings. The lowest BCUT2D eigenvalue weighted by Gasteiger charge is -2.42. The molecule has 2 aliphatic carbocycles. The number of ether oxygens (including phenoxy) is 1. The summed E-state index contributed by atoms with van der Waals surface area (Å²) in [5.74, 6) is 2.33. The third-order valence-corrected chi connectivity index (χ3v) is 9.32. The Balaban J connectivity index is 1.48. The van der Waals surface area contributed by atoms with E-state index in [1.807, 2.05) is 47.0 Å². The molecule has 2 aliphatic rings. The van der Waals surface area contributed by atoms with Gasteiger partial charge >= 0.3 is 0 Å². The summed E-state index contributed by atoms with van der Waals surface area (Å²) in [5, 5.41) is 1.02. The summed E-state index contributed by atoms with van der Waals surface area (Å²) in [5.41, 5.74) is 4.26. The molecule has 2 aromatic carbocycles. The van der Waals surface area contributed by atoms with E-state index < -0.39 is 0 Å². The van der Waals surface area contributed by atoms with Crippen LogP contribution in [0.2, 0.25) is 0 Å². The van der Waals surface area contributed by atoms with Crippen molar-refractivity contribution < 1.29 is 4.74 Å². The molecule has 1 heterocycles. The number of halogens is 1. The van der Waals surface area contributed by atoms with Gasteiger partial charge in [0, 0.05) is 26.9 Å². The fourth-order valence-corrected chi connectivity index (χ4v) is 7.36. The van der Waals surface area contributed by atoms with Crippen molar-refractivity contribution in [3.63, 3.8) is 0 Å². The van der Waals surface area contributed by atoms with Crippen LogP contribution in [0.25, 0.3) is 10.9 Å². The molecule has 2 saturated carbocycles. The first-order chi connectivity index (χ1) is 17.2. The van der Waals surface area contributed by atoms with Gasteiger partial charge in [0.15, 0.2) is 0 Å². The monoisotopic (exact) mass is 548 g/mol. The van der Waals surface area contributed by atoms with Crippen molar-refractivity contribution in [3.8, 4) is 5.75 Å². The smallest absolute Gasteiger partial charge is 0.251 e. The number of pyridine rings is 1. The van der Waals surface area contributed by atoms with Crippen LogP contribution < -0.4 is 10.3 Å². The van der Waals surface area contributed by atoms with Gasteiger partial charge < -0.3 is 9.30 Å². The van der Waals surface area contributed by atoms with Crippen LogP contribution in [0.3, 0.4) is 0 Å². The highest BCUT2D eigenvalue weighted by atomic mass is 79.9. The number of fused-ring (bicyclic) bond motifs is 3. The van der Waals surface area contributed by atoms with Gasteiger partial charge in [0.1, 0.15) is 5.75 Å². The maximum absolute atomic E-state index is 12.9. The van der Waals surface area contributed by atoms with Crippen LogP contribution in [0.15, 0.2) is 64.4 Å². The summed E-state index contributed by atoms with van der Waals surface area (Å²) in [7, 11) is 1.66. The molecule has 0 saturated heterocycles. The number of benzene rings is 2. The van der Waals surface area contributed by atoms with E-state index in [-0.39, 0.29) is 15.3 Å². The van der Waals surface area contributed by atoms with Crippen molar-refractivity contribution in [1.82, 2.24) is 4.57 Å². The van der Waals surface area contributed by atoms with E-state index in [1.165, 1.54) is 44.2 Å². The lowest BCUT2D eigenvalue weighted by molar-refractivity contribution is 0.166. The first-order valence-corrected chi connectivity index (χ1v) is 14.0. The largest absolute Gasteiger partial charge is 0.497 e. The van der Waals surface area contributed by atoms with Gasteiger partial charge in [-0.15, -0.1) is 0 Å². The van der Waals surface area contributed by atoms with Crippen LogP contribution in [0, 0.1) is 17.3 Å². The zero-order valence-corrected chi connectivity index (χ0v) is 23.5. The third kappa shape index (κ3) is 5.18. The maximum Gasteiger partial charge on any atom is 0.251 e. The van der Waals surface area contributed by atoms with Crippen molar-refractivity contribution in [2.45, 2.75) is 70.2 Å². The number of hydrogen-bond acceptors (Lipinski definition) is 3. The predicted molar refractivity (Wildman–Crippen MR) is 153 cm³/mol. The lowest BCUT2D eigenvalue weighted by atomic mass is 9.64. The maximum atomic E-state index is 12.9. The molecule has 0 amide bonds. The zero-order valence-electron chi connectivity index (χ0n) is 21.9. The molecule has 190 valence electrons. The second-order valence-corrected chi connectivity index (χ2v) is 13.5. The third-order valence-electron chi connectivity index (χ3n) is 8.60. The van der Waals surface area contributed by atoms with Gasteiger partial charge in [-0.1, -0.05) is 41.1 Å². The Morgan fingerprint density at radius 1 is 1.06 bits per heavy atom. The van der Waals surface area contributed by atoms with Gasteiger partial charge in [-0.2, -0.15) is 0 Å². The van der Waals surface area contributed by atoms with Gasteiger partial charge in [-0.3, -0.25) is 9.79 Å². The van der Waals surface area contributed by atoms with Crippen LogP contribution in [0.4, 0.5) is 5.69 Å². The van der Waals surface area contributed by atoms with Gasteiger partial charge in [0.25, 0.3) is 5.56 Å². The van der Waals surface area contributed by atoms with E-state index in [4.69, 9.17) is 9.73 Å². The van der Waals surface area contributed by atoms with Crippen LogP contribution in [0.5, 0.6) is 5.75 Å². The molecule has 1 aromatic heterocycles. The molecule has 2 bridgehead atoms. The molecule has 4 unspecified atom stereocenters. The van der Waals surface area contributed by atoms with Crippen molar-refractivity contribution in [2.24, 2.45) is 22.2 Å². The molecule has 5 rings (SSSR count). The Hall–Kier alpha value is -2.40. The molecule has 0 N–H and O–H groups in total. The van der Waals surface area contributed by atoms with Crippen LogP contribution in [-0.2, 0) is 6.54 Å². The first kappa shape index (κ1) is 25.3. The fraction of sp³-hybridized carbons (Fsp3) is 0.484. The quantitative estimate of drug-likeness (QED) is 0.240. The van der Waals surface area contributed by atoms with Crippen LogP contribution in [0.1, 0.15) is 64.9 Å². The number of methoxy groups -OCH3 is 1. The summed E-state index contributed by atoms with van der Waals surface area (Å²) in [4.78, 5) is 18.1. The second-order valence-electron chi connectivity index (χ2n) is 11.6. The first-order valence-electron chi connectivity index (χ1n) is 13.2. The summed E-state index contributed by atoms with van der Waals surface area (Å²) in [6.45, 7) is 7.52. The van der Waals surface area contributed by atoms with E-state index in [1.54, 1.807) is 13.2 Å². The normalized spacial score (nSPS) is 28.6. The fourth-order valence-electron chi connectivity index (χ4n) is 6.68. The molecule has 0 aliphatic heterocycles. The minimum Gasteiger partial charge on any atom is -0.497 e. The van der Waals surface area contributed by atoms with Gasteiger partial charge in [-0.25, -0.2) is 0 Å². The minimum atomic E-state index is -0.00249. The van der Waals surface area contributed by atoms with Crippen molar-refractivity contribution in [2.75, 3.05) is 7.11 Å². The number of nitrogens with zero attached hydrogens (tertiary/aromatic N) is 2. The molecule has 4 atom stereocenters. The number of aromatic nitrogens is 1. The topological polar surface area (TPSA) is 43.6 Å². The van der Waals surface area contributed by atoms with E-state index in [2.05, 4.69) is 42.8 Å². The predicted octanol–water partition coefficient (Wildman–Crippen LogP) is 7.91. The minimum absolute atomic E-state index is 0.00249. The summed E-state index contributed by atoms with van der Waals surface area (Å²) in [6, 6.07) is 17.6. The number of aliphatic imine (C=N–C) groups is 1. The molecule has 0 radical (unpaired) electrons. The lowest BCUT2D eigenvalue weighted by Crippen LogP contribution is -2.36. The SMILES string of the molecule is COc1ccc(Cn2c(=O)ccc3c(N=C(C)C4(C)CC5CCC(C)(Br)CC(C5)C4)cccc32)cc1. The molecule has 4 nitrogen and oxygen atoms in total. The van der Waals surface area contributed by atoms with Crippen LogP contribution >= 0.6 is 15.9 Å². The Morgan fingerprint density at radius 2 is 1.81 bits per heavy atom. The standard InChI is InChI=1S/C31H37BrN2O2/c1-21(30(2)17-23-14-15-31(3,32)19-24(16-23)18-30)33-27-6-5-7-28-26(27)12-13-29(35)34(28)20-22-8-10-25(36-4)11-9-22/h5-13,23-24H,14-20H2,1-4H3. The van der Waals surface area contributed by atoms with Crippen molar-refractivity contribution >= 4 is 38.2 Å². The zero-order chi connectivity index (χ0) is 25.5. The highest BCUT2D eigenvalue weighted by Gasteiger charge is 2.43. The molecular formula is C31H37BrN2O2. The molecule has 0 spiro atoms. The Labute approximate surface area is 222 Å². The Bertz CT molecular complexity index is 1340. The average Bonchev–Trinajstić information content (AvgIpc) is 2.95. The molecular weight excluding hydrogens is 512 g/mol. The molecule has 36 heavy (non-hydrogen) atoms. The van der Waals surface area contributed by atoms with E-state index >= 15 is 0 Å². The summed E-state index contributed by atoms with van der Waals surface area (Å²) >= 11 is 4.01. The summed E-state index contributed by atoms with van der Waals surface area (Å²) < 4.78 is 7.40. The average molecular weight is 550 g/mol. The van der Waals surface area contributed by atoms with E-state index in [0.29, 0.717) is 6.54 Å². The highest BCUT2D eigenvalue weighted by molar-refractivity contribution is 9.10. The number of hydrogen-bond donors (Lipinski definition) is 0. The highest BCUT2D eigenvalue weighted by Crippen LogP contribution is 2.52. The van der Waals surface area contributed by atoms with Crippen molar-refractivity contribution in [1.29, 1.82) is 0 Å². The summed E-state index contributed by atoms with van der Waals surface area (Å²) in [6.07, 6.45) is 7.58. The van der Waals surface area contributed by atoms with E-state index in [9.17, 15) is 4.79 Å². The van der Waals surface area contributed by atoms with Crippen LogP contribution in [-0.4, -0.2) is 21.7 Å². The number of alkyl halides is 1. The van der Waals surface area contributed by atoms with Gasteiger partial charge in [0.05, 0.1) is 24.9 Å². The van der Waals surface area contributed by atoms with Crippen molar-refractivity contribution in [3.05, 3.63) is 70.5 Å². The Kier molecular flexibility index (Phi) is 6.88. The van der Waals surface area contributed by atoms with E-state index in [0.717, 1.165) is 39.7 Å².